The summed E-state index contributed by atoms with van der Waals surface area (Å²) in [5.41, 5.74) is 5.18. The zero-order valence-electron chi connectivity index (χ0n) is 27.1. The molecule has 44 heavy (non-hydrogen) atoms. The number of fused-ring (bicyclic) bond motifs is 6. The van der Waals surface area contributed by atoms with Gasteiger partial charge in [-0.3, -0.25) is 4.98 Å². The quantitative estimate of drug-likeness (QED) is 0.166. The molecule has 7 aromatic rings. The maximum absolute atomic E-state index is 8.03. The Morgan fingerprint density at radius 2 is 1.77 bits per heavy atom. The van der Waals surface area contributed by atoms with Gasteiger partial charge in [0.25, 0.3) is 0 Å². The first-order chi connectivity index (χ1) is 22.0. The molecule has 4 aromatic carbocycles. The second-order valence-electron chi connectivity index (χ2n) is 11.7. The standard InChI is InChI=1S/C37H28N3OS2.Pt/c1-37(2,3)24-14-16-38-31(18-24)28-20-29-27(13-12-23-15-17-42-35(23)29)36-30(28)21-34(43-36)41-26-9-7-8-25(19-26)40-22-39(4)32-10-5-6-11-33(32)40;/h5-18,20,22H,1-4H3;/q-3;/i4D3;. The van der Waals surface area contributed by atoms with E-state index in [-0.39, 0.29) is 26.5 Å². The first-order valence-electron chi connectivity index (χ1n) is 15.5. The molecule has 8 rings (SSSR count). The number of anilines is 3. The Hall–Kier alpha value is -3.70. The van der Waals surface area contributed by atoms with Gasteiger partial charge in [-0.1, -0.05) is 60.7 Å². The zero-order chi connectivity index (χ0) is 31.8. The summed E-state index contributed by atoms with van der Waals surface area (Å²) >= 11 is 3.30. The van der Waals surface area contributed by atoms with Crippen molar-refractivity contribution in [3.05, 3.63) is 115 Å². The molecule has 0 saturated heterocycles. The van der Waals surface area contributed by atoms with Crippen LogP contribution in [0.2, 0.25) is 0 Å². The molecule has 4 heterocycles. The largest absolute Gasteiger partial charge is 0.504 e. The summed E-state index contributed by atoms with van der Waals surface area (Å²) in [5.74, 6) is 0.512. The fraction of sp³-hybridized carbons (Fsp3) is 0.135. The zero-order valence-corrected chi connectivity index (χ0v) is 28.0. The molecule has 0 bridgehead atoms. The minimum absolute atomic E-state index is 0. The molecular formula is C37H28N3OPtS2-3. The second kappa shape index (κ2) is 11.0. The second-order valence-corrected chi connectivity index (χ2v) is 13.6. The topological polar surface area (TPSA) is 28.6 Å². The SMILES string of the molecule is [2H]C([2H])([2H])N1[CH-]N(c2[c-]c(Oc3[c-]c4c(-c5cc(C(C)(C)C)ccn5)cc5c(ccc6ccsc65)c4s3)ccc2)c2ccccc21.[Pt]. The van der Waals surface area contributed by atoms with E-state index in [1.165, 1.54) is 25.9 Å². The Labute approximate surface area is 284 Å². The number of nitrogens with zero attached hydrogens (tertiary/aromatic N) is 3. The number of pyridine rings is 1. The van der Waals surface area contributed by atoms with E-state index in [9.17, 15) is 0 Å². The van der Waals surface area contributed by atoms with Gasteiger partial charge in [-0.25, -0.2) is 0 Å². The van der Waals surface area contributed by atoms with Gasteiger partial charge < -0.3 is 14.5 Å². The molecular weight excluding hydrogens is 762 g/mol. The summed E-state index contributed by atoms with van der Waals surface area (Å²) in [5, 5.41) is 7.29. The first kappa shape index (κ1) is 25.6. The van der Waals surface area contributed by atoms with Crippen LogP contribution in [0.1, 0.15) is 30.4 Å². The molecule has 0 saturated carbocycles. The summed E-state index contributed by atoms with van der Waals surface area (Å²) in [6.45, 7) is 5.92. The molecule has 0 atom stereocenters. The Balaban J connectivity index is 0.00000351. The fourth-order valence-electron chi connectivity index (χ4n) is 5.65. The maximum atomic E-state index is 8.03. The third-order valence-electron chi connectivity index (χ3n) is 7.86. The van der Waals surface area contributed by atoms with Gasteiger partial charge in [0.2, 0.25) is 0 Å². The van der Waals surface area contributed by atoms with Gasteiger partial charge in [0.15, 0.2) is 0 Å². The van der Waals surface area contributed by atoms with Crippen molar-refractivity contribution >= 4 is 70.7 Å². The predicted molar refractivity (Wildman–Crippen MR) is 182 cm³/mol. The van der Waals surface area contributed by atoms with Gasteiger partial charge >= 0.3 is 0 Å². The van der Waals surface area contributed by atoms with Crippen molar-refractivity contribution in [2.75, 3.05) is 16.8 Å². The van der Waals surface area contributed by atoms with Crippen LogP contribution in [0.15, 0.2) is 90.4 Å². The van der Waals surface area contributed by atoms with E-state index >= 15 is 0 Å². The van der Waals surface area contributed by atoms with Crippen molar-refractivity contribution in [3.8, 4) is 22.1 Å². The van der Waals surface area contributed by atoms with Crippen LogP contribution in [0.4, 0.5) is 17.1 Å². The number of ether oxygens (including phenoxy) is 1. The molecule has 0 fully saturated rings. The number of hydrogen-bond acceptors (Lipinski definition) is 6. The van der Waals surface area contributed by atoms with Crippen molar-refractivity contribution in [2.24, 2.45) is 0 Å². The molecule has 0 aliphatic carbocycles. The van der Waals surface area contributed by atoms with Crippen LogP contribution in [0.3, 0.4) is 0 Å². The number of para-hydroxylation sites is 2. The van der Waals surface area contributed by atoms with Crippen LogP contribution in [-0.2, 0) is 26.5 Å². The van der Waals surface area contributed by atoms with Crippen LogP contribution < -0.4 is 14.5 Å². The van der Waals surface area contributed by atoms with Crippen LogP contribution >= 0.6 is 22.7 Å². The Kier molecular flexibility index (Phi) is 6.42. The van der Waals surface area contributed by atoms with Gasteiger partial charge in [-0.2, -0.15) is 29.5 Å². The summed E-state index contributed by atoms with van der Waals surface area (Å²) in [6, 6.07) is 33.1. The van der Waals surface area contributed by atoms with Crippen molar-refractivity contribution < 1.29 is 29.9 Å². The summed E-state index contributed by atoms with van der Waals surface area (Å²) in [6.07, 6.45) is 1.89. The number of rotatable bonds is 4. The monoisotopic (exact) mass is 792 g/mol. The van der Waals surface area contributed by atoms with Crippen LogP contribution in [0.5, 0.6) is 10.8 Å². The molecule has 1 aliphatic rings. The normalized spacial score (nSPS) is 14.4. The third-order valence-corrected chi connectivity index (χ3v) is 9.82. The van der Waals surface area contributed by atoms with Crippen molar-refractivity contribution in [1.82, 2.24) is 4.98 Å². The molecule has 1 aliphatic heterocycles. The summed E-state index contributed by atoms with van der Waals surface area (Å²) < 4.78 is 32.9. The minimum atomic E-state index is -2.32. The minimum Gasteiger partial charge on any atom is -0.504 e. The van der Waals surface area contributed by atoms with E-state index in [4.69, 9.17) is 13.8 Å². The van der Waals surface area contributed by atoms with Gasteiger partial charge in [0.1, 0.15) is 5.06 Å². The average Bonchev–Trinajstić information content (AvgIpc) is 3.77. The Morgan fingerprint density at radius 3 is 2.61 bits per heavy atom. The van der Waals surface area contributed by atoms with Gasteiger partial charge in [0.05, 0.1) is 0 Å². The molecule has 0 radical (unpaired) electrons. The first-order valence-corrected chi connectivity index (χ1v) is 15.7. The van der Waals surface area contributed by atoms with E-state index in [2.05, 4.69) is 74.7 Å². The molecule has 4 nitrogen and oxygen atoms in total. The molecule has 0 spiro atoms. The van der Waals surface area contributed by atoms with Gasteiger partial charge in [-0.15, -0.1) is 47.4 Å². The van der Waals surface area contributed by atoms with E-state index in [0.717, 1.165) is 32.4 Å². The molecule has 222 valence electrons. The third kappa shape index (κ3) is 4.90. The molecule has 0 amide bonds. The predicted octanol–water partition coefficient (Wildman–Crippen LogP) is 10.7. The maximum Gasteiger partial charge on any atom is 0.107 e. The summed E-state index contributed by atoms with van der Waals surface area (Å²) in [7, 11) is 0. The van der Waals surface area contributed by atoms with Crippen molar-refractivity contribution in [1.29, 1.82) is 0 Å². The van der Waals surface area contributed by atoms with E-state index in [0.29, 0.717) is 22.2 Å². The summed E-state index contributed by atoms with van der Waals surface area (Å²) in [4.78, 5) is 7.96. The molecule has 0 N–H and O–H groups in total. The van der Waals surface area contributed by atoms with Crippen LogP contribution in [0.25, 0.3) is 42.2 Å². The number of benzene rings is 4. The van der Waals surface area contributed by atoms with Gasteiger partial charge in [-0.05, 0) is 64.4 Å². The number of hydrogen-bond donors (Lipinski definition) is 0. The molecule has 3 aromatic heterocycles. The fourth-order valence-corrected chi connectivity index (χ4v) is 7.59. The Morgan fingerprint density at radius 1 is 0.909 bits per heavy atom. The average molecular weight is 793 g/mol. The van der Waals surface area contributed by atoms with Crippen LogP contribution in [-0.4, -0.2) is 12.0 Å². The van der Waals surface area contributed by atoms with Crippen LogP contribution in [0, 0.1) is 18.8 Å². The smallest absolute Gasteiger partial charge is 0.107 e. The Bertz CT molecular complexity index is 2290. The van der Waals surface area contributed by atoms with Crippen molar-refractivity contribution in [3.63, 3.8) is 0 Å². The molecule has 7 heteroatoms. The molecule has 0 unspecified atom stereocenters. The van der Waals surface area contributed by atoms with Gasteiger partial charge in [0, 0.05) is 58.9 Å². The number of thiophene rings is 2. The van der Waals surface area contributed by atoms with E-state index in [1.54, 1.807) is 29.3 Å². The van der Waals surface area contributed by atoms with E-state index < -0.39 is 6.98 Å². The number of aromatic nitrogens is 1. The van der Waals surface area contributed by atoms with Crippen molar-refractivity contribution in [2.45, 2.75) is 26.2 Å². The van der Waals surface area contributed by atoms with E-state index in [1.807, 2.05) is 53.6 Å².